The second-order valence-electron chi connectivity index (χ2n) is 7.22. The number of benzene rings is 3. The Balaban J connectivity index is 1.61. The van der Waals surface area contributed by atoms with Crippen LogP contribution in [0.3, 0.4) is 0 Å². The van der Waals surface area contributed by atoms with Crippen LogP contribution in [0.15, 0.2) is 71.8 Å². The van der Waals surface area contributed by atoms with Crippen LogP contribution in [0.25, 0.3) is 10.9 Å². The molecule has 6 nitrogen and oxygen atoms in total. The highest BCUT2D eigenvalue weighted by Crippen LogP contribution is 2.32. The lowest BCUT2D eigenvalue weighted by molar-refractivity contribution is -0.112. The summed E-state index contributed by atoms with van der Waals surface area (Å²) in [5, 5.41) is 14.2. The van der Waals surface area contributed by atoms with E-state index in [1.54, 1.807) is 18.2 Å². The number of nitriles is 1. The lowest BCUT2D eigenvalue weighted by Crippen LogP contribution is -2.06. The maximum atomic E-state index is 10.9. The lowest BCUT2D eigenvalue weighted by atomic mass is 10.0. The van der Waals surface area contributed by atoms with E-state index in [2.05, 4.69) is 40.8 Å². The quantitative estimate of drug-likeness (QED) is 0.252. The van der Waals surface area contributed by atoms with Crippen LogP contribution in [0.4, 0.5) is 11.4 Å². The number of aromatic nitrogens is 1. The molecule has 8 heteroatoms. The van der Waals surface area contributed by atoms with Crippen LogP contribution in [0, 0.1) is 23.2 Å². The predicted molar refractivity (Wildman–Crippen MR) is 136 cm³/mol. The number of ether oxygens (including phenoxy) is 1. The number of anilines is 2. The maximum absolute atomic E-state index is 10.9. The van der Waals surface area contributed by atoms with E-state index in [0.29, 0.717) is 39.1 Å². The van der Waals surface area contributed by atoms with E-state index in [4.69, 9.17) is 22.1 Å². The van der Waals surface area contributed by atoms with Gasteiger partial charge in [-0.3, -0.25) is 9.78 Å². The highest BCUT2D eigenvalue weighted by molar-refractivity contribution is 7.80. The van der Waals surface area contributed by atoms with Gasteiger partial charge in [0.15, 0.2) is 0 Å². The highest BCUT2D eigenvalue weighted by Gasteiger charge is 2.11. The van der Waals surface area contributed by atoms with Crippen LogP contribution in [0.2, 0.25) is 5.02 Å². The number of thiol groups is 1. The molecule has 0 bridgehead atoms. The molecule has 4 rings (SSSR count). The Morgan fingerprint density at radius 1 is 1.12 bits per heavy atom. The topological polar surface area (TPSA) is 101 Å². The van der Waals surface area contributed by atoms with E-state index in [0.717, 1.165) is 22.2 Å². The van der Waals surface area contributed by atoms with Crippen molar-refractivity contribution in [1.82, 2.24) is 4.98 Å². The third-order valence-corrected chi connectivity index (χ3v) is 5.67. The Hall–Kier alpha value is -4.17. The summed E-state index contributed by atoms with van der Waals surface area (Å²) < 4.78 is 5.85. The smallest absolute Gasteiger partial charge is 0.293 e. The summed E-state index contributed by atoms with van der Waals surface area (Å²) in [4.78, 5) is 15.9. The van der Waals surface area contributed by atoms with Crippen LogP contribution < -0.4 is 15.8 Å². The molecular weight excluding hydrogens is 468 g/mol. The van der Waals surface area contributed by atoms with Crippen LogP contribution >= 0.6 is 24.2 Å². The zero-order valence-electron chi connectivity index (χ0n) is 17.7. The normalized spacial score (nSPS) is 10.1. The van der Waals surface area contributed by atoms with Crippen molar-refractivity contribution in [3.8, 4) is 29.4 Å². The molecule has 0 saturated heterocycles. The molecule has 0 unspecified atom stereocenters. The minimum atomic E-state index is -0.675. The van der Waals surface area contributed by atoms with Crippen molar-refractivity contribution in [3.05, 3.63) is 83.0 Å². The van der Waals surface area contributed by atoms with Gasteiger partial charge in [0.1, 0.15) is 17.6 Å². The Morgan fingerprint density at radius 3 is 2.59 bits per heavy atom. The number of rotatable bonds is 5. The Bertz CT molecular complexity index is 1500. The van der Waals surface area contributed by atoms with Gasteiger partial charge in [0.25, 0.3) is 5.91 Å². The molecule has 34 heavy (non-hydrogen) atoms. The SMILES string of the molecule is N#Cc1cnc2ccc(CC#CC(N)=O)cc2c1Nc1ccc(Oc2ccc(S)c(Cl)c2)cc1. The number of nitrogens with zero attached hydrogens (tertiary/aromatic N) is 2. The van der Waals surface area contributed by atoms with Crippen molar-refractivity contribution in [3.63, 3.8) is 0 Å². The first-order valence-electron chi connectivity index (χ1n) is 10.1. The van der Waals surface area contributed by atoms with Gasteiger partial charge in [-0.25, -0.2) is 0 Å². The van der Waals surface area contributed by atoms with Crippen LogP contribution in [0.1, 0.15) is 11.1 Å². The zero-order chi connectivity index (χ0) is 24.1. The summed E-state index contributed by atoms with van der Waals surface area (Å²) in [6, 6.07) is 20.4. The van der Waals surface area contributed by atoms with Gasteiger partial charge < -0.3 is 15.8 Å². The van der Waals surface area contributed by atoms with Gasteiger partial charge >= 0.3 is 0 Å². The standard InChI is InChI=1S/C26H17ClN4O2S/c27-22-13-20(9-11-24(22)34)33-19-7-5-18(6-8-19)31-26-17(14-28)15-30-23-10-4-16(12-21(23)26)2-1-3-25(29)32/h4-13,15,34H,2H2,(H2,29,32)(H,30,31). The molecule has 0 aliphatic carbocycles. The van der Waals surface area contributed by atoms with Gasteiger partial charge in [0.05, 0.1) is 21.8 Å². The number of carbonyl (C=O) groups excluding carboxylic acids is 1. The highest BCUT2D eigenvalue weighted by atomic mass is 35.5. The van der Waals surface area contributed by atoms with Crippen molar-refractivity contribution in [1.29, 1.82) is 5.26 Å². The molecule has 1 aromatic heterocycles. The Labute approximate surface area is 206 Å². The zero-order valence-corrected chi connectivity index (χ0v) is 19.3. The van der Waals surface area contributed by atoms with E-state index in [9.17, 15) is 10.1 Å². The molecule has 166 valence electrons. The first-order valence-corrected chi connectivity index (χ1v) is 10.9. The number of primary amides is 1. The molecule has 3 N–H and O–H groups in total. The van der Waals surface area contributed by atoms with Gasteiger partial charge in [-0.2, -0.15) is 5.26 Å². The largest absolute Gasteiger partial charge is 0.457 e. The fraction of sp³-hybridized carbons (Fsp3) is 0.0385. The summed E-state index contributed by atoms with van der Waals surface area (Å²) in [5.41, 5.74) is 8.45. The monoisotopic (exact) mass is 484 g/mol. The number of hydrogen-bond acceptors (Lipinski definition) is 6. The van der Waals surface area contributed by atoms with Gasteiger partial charge in [-0.05, 0) is 60.0 Å². The third kappa shape index (κ3) is 5.41. The molecule has 3 aromatic carbocycles. The first kappa shape index (κ1) is 23.0. The molecule has 0 atom stereocenters. The number of halogens is 1. The third-order valence-electron chi connectivity index (χ3n) is 4.84. The number of pyridine rings is 1. The van der Waals surface area contributed by atoms with Crippen LogP contribution in [0.5, 0.6) is 11.5 Å². The molecule has 1 amide bonds. The van der Waals surface area contributed by atoms with Crippen molar-refractivity contribution in [2.75, 3.05) is 5.32 Å². The lowest BCUT2D eigenvalue weighted by Gasteiger charge is -2.13. The van der Waals surface area contributed by atoms with Crippen LogP contribution in [-0.2, 0) is 11.2 Å². The number of hydrogen-bond donors (Lipinski definition) is 3. The average Bonchev–Trinajstić information content (AvgIpc) is 2.82. The Kier molecular flexibility index (Phi) is 6.89. The van der Waals surface area contributed by atoms with E-state index in [1.165, 1.54) is 6.20 Å². The predicted octanol–water partition coefficient (Wildman–Crippen LogP) is 5.62. The molecule has 0 aliphatic rings. The molecule has 0 radical (unpaired) electrons. The number of amides is 1. The van der Waals surface area contributed by atoms with Gasteiger partial charge in [-0.1, -0.05) is 23.6 Å². The average molecular weight is 485 g/mol. The molecular formula is C26H17ClN4O2S. The summed E-state index contributed by atoms with van der Waals surface area (Å²) in [6.45, 7) is 0. The summed E-state index contributed by atoms with van der Waals surface area (Å²) in [7, 11) is 0. The van der Waals surface area contributed by atoms with E-state index >= 15 is 0 Å². The number of fused-ring (bicyclic) bond motifs is 1. The molecule has 1 heterocycles. The number of nitrogens with two attached hydrogens (primary N) is 1. The van der Waals surface area contributed by atoms with Crippen molar-refractivity contribution in [2.24, 2.45) is 5.73 Å². The molecule has 0 spiro atoms. The van der Waals surface area contributed by atoms with Gasteiger partial charge in [-0.15, -0.1) is 12.6 Å². The minimum Gasteiger partial charge on any atom is -0.457 e. The Morgan fingerprint density at radius 2 is 1.88 bits per heavy atom. The number of carbonyl (C=O) groups is 1. The van der Waals surface area contributed by atoms with Crippen LogP contribution in [-0.4, -0.2) is 10.9 Å². The molecule has 0 aliphatic heterocycles. The summed E-state index contributed by atoms with van der Waals surface area (Å²) in [6.07, 6.45) is 1.88. The van der Waals surface area contributed by atoms with Gasteiger partial charge in [0.2, 0.25) is 0 Å². The maximum Gasteiger partial charge on any atom is 0.293 e. The molecule has 0 saturated carbocycles. The van der Waals surface area contributed by atoms with E-state index in [1.807, 2.05) is 42.5 Å². The first-order chi connectivity index (χ1) is 16.4. The van der Waals surface area contributed by atoms with Crippen molar-refractivity contribution < 1.29 is 9.53 Å². The van der Waals surface area contributed by atoms with E-state index < -0.39 is 5.91 Å². The number of nitrogens with one attached hydrogen (secondary N) is 1. The molecule has 4 aromatic rings. The molecule has 0 fully saturated rings. The van der Waals surface area contributed by atoms with Crippen molar-refractivity contribution >= 4 is 52.4 Å². The summed E-state index contributed by atoms with van der Waals surface area (Å²) in [5.74, 6) is 5.62. The fourth-order valence-corrected chi connectivity index (χ4v) is 3.55. The minimum absolute atomic E-state index is 0.347. The summed E-state index contributed by atoms with van der Waals surface area (Å²) >= 11 is 10.4. The van der Waals surface area contributed by atoms with Gasteiger partial charge in [0, 0.05) is 34.7 Å². The second-order valence-corrected chi connectivity index (χ2v) is 8.11. The fourth-order valence-electron chi connectivity index (χ4n) is 3.24. The van der Waals surface area contributed by atoms with E-state index in [-0.39, 0.29) is 0 Å². The second kappa shape index (κ2) is 10.2. The van der Waals surface area contributed by atoms with Crippen molar-refractivity contribution in [2.45, 2.75) is 11.3 Å².